The van der Waals surface area contributed by atoms with Crippen molar-refractivity contribution < 1.29 is 18.0 Å². The van der Waals surface area contributed by atoms with E-state index in [1.54, 1.807) is 0 Å². The second-order valence-corrected chi connectivity index (χ2v) is 5.31. The van der Waals surface area contributed by atoms with Crippen LogP contribution in [0.2, 0.25) is 0 Å². The third-order valence-corrected chi connectivity index (χ3v) is 3.72. The standard InChI is InChI=1S/C12H21F3N2O/c1-17(9-12(13,14)15)10(18)7-11(8-16)5-3-2-4-6-11/h2-9,16H2,1H3. The summed E-state index contributed by atoms with van der Waals surface area (Å²) in [5, 5.41) is 0. The van der Waals surface area contributed by atoms with Gasteiger partial charge in [-0.2, -0.15) is 13.2 Å². The molecule has 1 saturated carbocycles. The van der Waals surface area contributed by atoms with E-state index in [9.17, 15) is 18.0 Å². The molecule has 1 fully saturated rings. The number of rotatable bonds is 4. The first kappa shape index (κ1) is 15.3. The van der Waals surface area contributed by atoms with Crippen molar-refractivity contribution in [3.05, 3.63) is 0 Å². The Hall–Kier alpha value is -0.780. The summed E-state index contributed by atoms with van der Waals surface area (Å²) in [5.41, 5.74) is 5.44. The molecule has 0 bridgehead atoms. The number of halogens is 3. The number of amides is 1. The maximum Gasteiger partial charge on any atom is 0.406 e. The van der Waals surface area contributed by atoms with Crippen LogP contribution in [0.4, 0.5) is 13.2 Å². The van der Waals surface area contributed by atoms with Crippen LogP contribution in [0.15, 0.2) is 0 Å². The number of hydrogen-bond donors (Lipinski definition) is 1. The molecule has 1 aliphatic rings. The van der Waals surface area contributed by atoms with E-state index in [0.29, 0.717) is 6.54 Å². The van der Waals surface area contributed by atoms with Crippen LogP contribution in [0.3, 0.4) is 0 Å². The van der Waals surface area contributed by atoms with Gasteiger partial charge in [0.2, 0.25) is 5.91 Å². The van der Waals surface area contributed by atoms with Gasteiger partial charge in [-0.25, -0.2) is 0 Å². The molecule has 0 radical (unpaired) electrons. The van der Waals surface area contributed by atoms with Crippen LogP contribution in [-0.2, 0) is 4.79 Å². The highest BCUT2D eigenvalue weighted by atomic mass is 19.4. The van der Waals surface area contributed by atoms with Gasteiger partial charge >= 0.3 is 6.18 Å². The molecule has 1 amide bonds. The Labute approximate surface area is 106 Å². The largest absolute Gasteiger partial charge is 0.406 e. The van der Waals surface area contributed by atoms with Gasteiger partial charge in [0.15, 0.2) is 0 Å². The van der Waals surface area contributed by atoms with E-state index in [2.05, 4.69) is 0 Å². The summed E-state index contributed by atoms with van der Waals surface area (Å²) in [6, 6.07) is 0. The normalized spacial score (nSPS) is 19.6. The number of carbonyl (C=O) groups excluding carboxylic acids is 1. The minimum Gasteiger partial charge on any atom is -0.337 e. The van der Waals surface area contributed by atoms with Crippen molar-refractivity contribution in [1.82, 2.24) is 4.90 Å². The highest BCUT2D eigenvalue weighted by molar-refractivity contribution is 5.76. The smallest absolute Gasteiger partial charge is 0.337 e. The van der Waals surface area contributed by atoms with Crippen LogP contribution < -0.4 is 5.73 Å². The second kappa shape index (κ2) is 5.91. The van der Waals surface area contributed by atoms with Gasteiger partial charge in [0.05, 0.1) is 0 Å². The maximum absolute atomic E-state index is 12.2. The molecule has 0 aliphatic heterocycles. The monoisotopic (exact) mass is 266 g/mol. The van der Waals surface area contributed by atoms with E-state index in [4.69, 9.17) is 5.73 Å². The summed E-state index contributed by atoms with van der Waals surface area (Å²) < 4.78 is 36.6. The Kier molecular flexibility index (Phi) is 5.01. The maximum atomic E-state index is 12.2. The summed E-state index contributed by atoms with van der Waals surface area (Å²) in [6.07, 6.45) is 0.613. The zero-order chi connectivity index (χ0) is 13.8. The molecule has 2 N–H and O–H groups in total. The first-order valence-corrected chi connectivity index (χ1v) is 6.29. The van der Waals surface area contributed by atoms with E-state index in [-0.39, 0.29) is 11.8 Å². The summed E-state index contributed by atoms with van der Waals surface area (Å²) in [7, 11) is 1.20. The summed E-state index contributed by atoms with van der Waals surface area (Å²) in [6.45, 7) is -0.814. The van der Waals surface area contributed by atoms with E-state index in [1.807, 2.05) is 0 Å². The summed E-state index contributed by atoms with van der Waals surface area (Å²) in [4.78, 5) is 12.6. The Bertz CT molecular complexity index is 286. The molecule has 0 unspecified atom stereocenters. The second-order valence-electron chi connectivity index (χ2n) is 5.31. The van der Waals surface area contributed by atoms with Gasteiger partial charge < -0.3 is 10.6 Å². The third-order valence-electron chi connectivity index (χ3n) is 3.72. The van der Waals surface area contributed by atoms with E-state index >= 15 is 0 Å². The van der Waals surface area contributed by atoms with Crippen LogP contribution in [0.1, 0.15) is 38.5 Å². The molecule has 0 aromatic carbocycles. The number of nitrogens with zero attached hydrogens (tertiary/aromatic N) is 1. The van der Waals surface area contributed by atoms with Gasteiger partial charge in [-0.05, 0) is 24.8 Å². The average molecular weight is 266 g/mol. The lowest BCUT2D eigenvalue weighted by atomic mass is 9.71. The Balaban J connectivity index is 2.56. The Morgan fingerprint density at radius 1 is 1.28 bits per heavy atom. The number of nitrogens with two attached hydrogens (primary N) is 1. The zero-order valence-corrected chi connectivity index (χ0v) is 10.7. The van der Waals surface area contributed by atoms with E-state index < -0.39 is 18.6 Å². The van der Waals surface area contributed by atoms with Gasteiger partial charge in [-0.1, -0.05) is 19.3 Å². The van der Waals surface area contributed by atoms with Crippen LogP contribution in [0.5, 0.6) is 0 Å². The molecule has 0 aromatic rings. The molecule has 0 spiro atoms. The fourth-order valence-corrected chi connectivity index (χ4v) is 2.57. The molecular weight excluding hydrogens is 245 g/mol. The van der Waals surface area contributed by atoms with Crippen molar-refractivity contribution in [1.29, 1.82) is 0 Å². The van der Waals surface area contributed by atoms with Gasteiger partial charge in [0.1, 0.15) is 6.54 Å². The third kappa shape index (κ3) is 4.48. The van der Waals surface area contributed by atoms with Crippen molar-refractivity contribution in [3.8, 4) is 0 Å². The van der Waals surface area contributed by atoms with Crippen molar-refractivity contribution in [2.75, 3.05) is 20.1 Å². The van der Waals surface area contributed by atoms with Crippen molar-refractivity contribution >= 4 is 5.91 Å². The number of hydrogen-bond acceptors (Lipinski definition) is 2. The molecular formula is C12H21F3N2O. The fraction of sp³-hybridized carbons (Fsp3) is 0.917. The lowest BCUT2D eigenvalue weighted by Gasteiger charge is -2.36. The van der Waals surface area contributed by atoms with Gasteiger partial charge in [0.25, 0.3) is 0 Å². The fourth-order valence-electron chi connectivity index (χ4n) is 2.57. The molecule has 0 saturated heterocycles. The van der Waals surface area contributed by atoms with Crippen molar-refractivity contribution in [3.63, 3.8) is 0 Å². The summed E-state index contributed by atoms with van der Waals surface area (Å²) >= 11 is 0. The highest BCUT2D eigenvalue weighted by Gasteiger charge is 2.36. The van der Waals surface area contributed by atoms with Gasteiger partial charge in [0, 0.05) is 13.5 Å². The lowest BCUT2D eigenvalue weighted by molar-refractivity contribution is -0.160. The molecule has 0 heterocycles. The molecule has 1 aliphatic carbocycles. The number of carbonyl (C=O) groups is 1. The van der Waals surface area contributed by atoms with Crippen LogP contribution in [0.25, 0.3) is 0 Å². The lowest BCUT2D eigenvalue weighted by Crippen LogP contribution is -2.42. The SMILES string of the molecule is CN(CC(F)(F)F)C(=O)CC1(CN)CCCCC1. The van der Waals surface area contributed by atoms with Crippen LogP contribution in [0, 0.1) is 5.41 Å². The topological polar surface area (TPSA) is 46.3 Å². The predicted molar refractivity (Wildman–Crippen MR) is 62.9 cm³/mol. The van der Waals surface area contributed by atoms with Crippen molar-refractivity contribution in [2.24, 2.45) is 11.1 Å². The molecule has 0 aromatic heterocycles. The quantitative estimate of drug-likeness (QED) is 0.848. The average Bonchev–Trinajstić information content (AvgIpc) is 2.28. The van der Waals surface area contributed by atoms with Gasteiger partial charge in [-0.3, -0.25) is 4.79 Å². The van der Waals surface area contributed by atoms with E-state index in [1.165, 1.54) is 7.05 Å². The minimum absolute atomic E-state index is 0.135. The van der Waals surface area contributed by atoms with Crippen LogP contribution in [-0.4, -0.2) is 37.1 Å². The van der Waals surface area contributed by atoms with Gasteiger partial charge in [-0.15, -0.1) is 0 Å². The molecule has 0 atom stereocenters. The first-order valence-electron chi connectivity index (χ1n) is 6.29. The Morgan fingerprint density at radius 3 is 2.28 bits per heavy atom. The van der Waals surface area contributed by atoms with E-state index in [0.717, 1.165) is 37.0 Å². The molecule has 18 heavy (non-hydrogen) atoms. The molecule has 6 heteroatoms. The van der Waals surface area contributed by atoms with Crippen LogP contribution >= 0.6 is 0 Å². The predicted octanol–water partition coefficient (Wildman–Crippen LogP) is 2.31. The number of alkyl halides is 3. The Morgan fingerprint density at radius 2 is 1.83 bits per heavy atom. The van der Waals surface area contributed by atoms with Crippen molar-refractivity contribution in [2.45, 2.75) is 44.7 Å². The highest BCUT2D eigenvalue weighted by Crippen LogP contribution is 2.38. The molecule has 3 nitrogen and oxygen atoms in total. The minimum atomic E-state index is -4.34. The first-order chi connectivity index (χ1) is 8.28. The summed E-state index contributed by atoms with van der Waals surface area (Å²) in [5.74, 6) is -0.459. The molecule has 106 valence electrons. The zero-order valence-electron chi connectivity index (χ0n) is 10.7. The molecule has 1 rings (SSSR count).